The second-order valence-corrected chi connectivity index (χ2v) is 2.89. The van der Waals surface area contributed by atoms with Crippen LogP contribution in [0.15, 0.2) is 12.7 Å². The van der Waals surface area contributed by atoms with E-state index in [4.69, 9.17) is 5.73 Å². The summed E-state index contributed by atoms with van der Waals surface area (Å²) >= 11 is 0. The lowest BCUT2D eigenvalue weighted by Gasteiger charge is -2.06. The molecule has 1 unspecified atom stereocenters. The number of allylic oxidation sites excluding steroid dienone is 1. The van der Waals surface area contributed by atoms with Gasteiger partial charge in [0.1, 0.15) is 0 Å². The van der Waals surface area contributed by atoms with Gasteiger partial charge in [0.15, 0.2) is 5.78 Å². The Morgan fingerprint density at radius 1 is 1.64 bits per heavy atom. The second-order valence-electron chi connectivity index (χ2n) is 2.89. The minimum Gasteiger partial charge on any atom is -0.330 e. The molecular formula is C9H17NO. The molecule has 0 aliphatic rings. The van der Waals surface area contributed by atoms with E-state index >= 15 is 0 Å². The van der Waals surface area contributed by atoms with Crippen LogP contribution in [0.1, 0.15) is 26.2 Å². The van der Waals surface area contributed by atoms with Crippen LogP contribution in [0.5, 0.6) is 0 Å². The Morgan fingerprint density at radius 2 is 2.27 bits per heavy atom. The zero-order valence-electron chi connectivity index (χ0n) is 7.18. The summed E-state index contributed by atoms with van der Waals surface area (Å²) in [4.78, 5) is 10.8. The molecule has 0 fully saturated rings. The van der Waals surface area contributed by atoms with Gasteiger partial charge in [-0.25, -0.2) is 0 Å². The first-order chi connectivity index (χ1) is 5.20. The molecular weight excluding hydrogens is 138 g/mol. The lowest BCUT2D eigenvalue weighted by molar-refractivity contribution is -0.114. The highest BCUT2D eigenvalue weighted by molar-refractivity contribution is 5.88. The highest BCUT2D eigenvalue weighted by Crippen LogP contribution is 2.09. The van der Waals surface area contributed by atoms with Crippen molar-refractivity contribution < 1.29 is 4.79 Å². The van der Waals surface area contributed by atoms with Crippen LogP contribution in [0, 0.1) is 5.92 Å². The predicted octanol–water partition coefficient (Wildman–Crippen LogP) is 1.51. The van der Waals surface area contributed by atoms with Crippen LogP contribution in [-0.2, 0) is 4.79 Å². The Bertz CT molecular complexity index is 132. The molecule has 0 spiro atoms. The number of ketones is 1. The summed E-state index contributed by atoms with van der Waals surface area (Å²) in [5.41, 5.74) is 5.36. The quantitative estimate of drug-likeness (QED) is 0.591. The maximum atomic E-state index is 10.8. The van der Waals surface area contributed by atoms with Crippen LogP contribution in [0.2, 0.25) is 0 Å². The molecule has 1 atom stereocenters. The number of hydrogen-bond donors (Lipinski definition) is 1. The monoisotopic (exact) mass is 155 g/mol. The number of hydrogen-bond acceptors (Lipinski definition) is 2. The van der Waals surface area contributed by atoms with Crippen LogP contribution >= 0.6 is 0 Å². The standard InChI is InChI=1S/C9H17NO/c1-3-9(11)5-4-8(2)6-7-10/h3,8H,1,4-7,10H2,2H3. The molecule has 2 nitrogen and oxygen atoms in total. The van der Waals surface area contributed by atoms with Gasteiger partial charge in [0.05, 0.1) is 0 Å². The van der Waals surface area contributed by atoms with E-state index in [9.17, 15) is 4.79 Å². The third-order valence-corrected chi connectivity index (χ3v) is 1.77. The van der Waals surface area contributed by atoms with Gasteiger partial charge >= 0.3 is 0 Å². The summed E-state index contributed by atoms with van der Waals surface area (Å²) in [6.45, 7) is 6.24. The van der Waals surface area contributed by atoms with E-state index in [-0.39, 0.29) is 5.78 Å². The fraction of sp³-hybridized carbons (Fsp3) is 0.667. The minimum atomic E-state index is 0.133. The molecule has 0 aromatic heterocycles. The zero-order valence-corrected chi connectivity index (χ0v) is 7.18. The van der Waals surface area contributed by atoms with Gasteiger partial charge in [-0.1, -0.05) is 13.5 Å². The van der Waals surface area contributed by atoms with E-state index in [1.54, 1.807) is 0 Å². The van der Waals surface area contributed by atoms with Gasteiger partial charge in [-0.15, -0.1) is 0 Å². The predicted molar refractivity (Wildman–Crippen MR) is 47.3 cm³/mol. The molecule has 0 saturated carbocycles. The summed E-state index contributed by atoms with van der Waals surface area (Å²) in [5.74, 6) is 0.692. The molecule has 0 aliphatic carbocycles. The van der Waals surface area contributed by atoms with Crippen LogP contribution < -0.4 is 5.73 Å². The molecule has 0 bridgehead atoms. The van der Waals surface area contributed by atoms with Gasteiger partial charge in [-0.2, -0.15) is 0 Å². The van der Waals surface area contributed by atoms with Crippen molar-refractivity contribution in [2.45, 2.75) is 26.2 Å². The molecule has 0 heterocycles. The summed E-state index contributed by atoms with van der Waals surface area (Å²) < 4.78 is 0. The fourth-order valence-corrected chi connectivity index (χ4v) is 0.920. The Kier molecular flexibility index (Phi) is 5.75. The number of carbonyl (C=O) groups is 1. The summed E-state index contributed by atoms with van der Waals surface area (Å²) in [7, 11) is 0. The number of carbonyl (C=O) groups excluding carboxylic acids is 1. The highest BCUT2D eigenvalue weighted by Gasteiger charge is 2.02. The van der Waals surface area contributed by atoms with Crippen LogP contribution in [-0.4, -0.2) is 12.3 Å². The van der Waals surface area contributed by atoms with Crippen molar-refractivity contribution in [3.05, 3.63) is 12.7 Å². The first-order valence-corrected chi connectivity index (χ1v) is 4.06. The van der Waals surface area contributed by atoms with Gasteiger partial charge in [0.2, 0.25) is 0 Å². The van der Waals surface area contributed by atoms with E-state index in [0.717, 1.165) is 12.8 Å². The Labute approximate surface area is 68.5 Å². The van der Waals surface area contributed by atoms with E-state index in [1.807, 2.05) is 0 Å². The maximum absolute atomic E-state index is 10.8. The highest BCUT2D eigenvalue weighted by atomic mass is 16.1. The Balaban J connectivity index is 3.37. The van der Waals surface area contributed by atoms with Crippen molar-refractivity contribution >= 4 is 5.78 Å². The minimum absolute atomic E-state index is 0.133. The third kappa shape index (κ3) is 5.80. The Morgan fingerprint density at radius 3 is 2.73 bits per heavy atom. The van der Waals surface area contributed by atoms with Crippen molar-refractivity contribution in [3.63, 3.8) is 0 Å². The van der Waals surface area contributed by atoms with Gasteiger partial charge < -0.3 is 5.73 Å². The fourth-order valence-electron chi connectivity index (χ4n) is 0.920. The molecule has 0 aromatic rings. The van der Waals surface area contributed by atoms with Crippen LogP contribution in [0.4, 0.5) is 0 Å². The summed E-state index contributed by atoms with van der Waals surface area (Å²) in [5, 5.41) is 0. The molecule has 2 heteroatoms. The average molecular weight is 155 g/mol. The maximum Gasteiger partial charge on any atom is 0.155 e. The van der Waals surface area contributed by atoms with E-state index in [0.29, 0.717) is 18.9 Å². The SMILES string of the molecule is C=CC(=O)CCC(C)CCN. The third-order valence-electron chi connectivity index (χ3n) is 1.77. The number of nitrogens with two attached hydrogens (primary N) is 1. The zero-order chi connectivity index (χ0) is 8.69. The molecule has 0 amide bonds. The van der Waals surface area contributed by atoms with E-state index < -0.39 is 0 Å². The normalized spacial score (nSPS) is 12.5. The lowest BCUT2D eigenvalue weighted by Crippen LogP contribution is -2.07. The van der Waals surface area contributed by atoms with Gasteiger partial charge in [0, 0.05) is 6.42 Å². The van der Waals surface area contributed by atoms with Crippen molar-refractivity contribution in [2.24, 2.45) is 11.7 Å². The molecule has 2 N–H and O–H groups in total. The second kappa shape index (κ2) is 6.10. The smallest absolute Gasteiger partial charge is 0.155 e. The molecule has 11 heavy (non-hydrogen) atoms. The molecule has 0 saturated heterocycles. The summed E-state index contributed by atoms with van der Waals surface area (Å²) in [6.07, 6.45) is 3.94. The van der Waals surface area contributed by atoms with Crippen LogP contribution in [0.3, 0.4) is 0 Å². The molecule has 0 rings (SSSR count). The van der Waals surface area contributed by atoms with Gasteiger partial charge in [-0.05, 0) is 31.4 Å². The first kappa shape index (κ1) is 10.4. The molecule has 64 valence electrons. The molecule has 0 aromatic carbocycles. The van der Waals surface area contributed by atoms with Crippen molar-refractivity contribution in [3.8, 4) is 0 Å². The summed E-state index contributed by atoms with van der Waals surface area (Å²) in [6, 6.07) is 0. The lowest BCUT2D eigenvalue weighted by atomic mass is 10.0. The molecule has 0 aliphatic heterocycles. The molecule has 0 radical (unpaired) electrons. The van der Waals surface area contributed by atoms with Gasteiger partial charge in [0.25, 0.3) is 0 Å². The van der Waals surface area contributed by atoms with E-state index in [1.165, 1.54) is 6.08 Å². The largest absolute Gasteiger partial charge is 0.330 e. The topological polar surface area (TPSA) is 43.1 Å². The average Bonchev–Trinajstić information content (AvgIpc) is 2.01. The van der Waals surface area contributed by atoms with E-state index in [2.05, 4.69) is 13.5 Å². The first-order valence-electron chi connectivity index (χ1n) is 4.06. The van der Waals surface area contributed by atoms with Crippen molar-refractivity contribution in [1.29, 1.82) is 0 Å². The Hall–Kier alpha value is -0.630. The number of rotatable bonds is 6. The van der Waals surface area contributed by atoms with Crippen molar-refractivity contribution in [1.82, 2.24) is 0 Å². The van der Waals surface area contributed by atoms with Crippen LogP contribution in [0.25, 0.3) is 0 Å². The van der Waals surface area contributed by atoms with Crippen molar-refractivity contribution in [2.75, 3.05) is 6.54 Å². The van der Waals surface area contributed by atoms with Gasteiger partial charge in [-0.3, -0.25) is 4.79 Å².